The van der Waals surface area contributed by atoms with E-state index in [1.807, 2.05) is 6.92 Å². The highest BCUT2D eigenvalue weighted by Crippen LogP contribution is 2.15. The number of amidine groups is 1. The van der Waals surface area contributed by atoms with Crippen LogP contribution in [0.25, 0.3) is 0 Å². The molecule has 1 heterocycles. The summed E-state index contributed by atoms with van der Waals surface area (Å²) in [6.07, 6.45) is 1.21. The largest absolute Gasteiger partial charge is 0.491 e. The molecule has 0 aromatic rings. The zero-order valence-corrected chi connectivity index (χ0v) is 10.4. The predicted molar refractivity (Wildman–Crippen MR) is 67.5 cm³/mol. The predicted octanol–water partition coefficient (Wildman–Crippen LogP) is 1.24. The molecule has 4 heteroatoms. The van der Waals surface area contributed by atoms with Crippen molar-refractivity contribution in [2.45, 2.75) is 20.3 Å². The molecule has 0 saturated carbocycles. The first-order valence-electron chi connectivity index (χ1n) is 6.01. The van der Waals surface area contributed by atoms with Crippen molar-refractivity contribution in [3.8, 4) is 0 Å². The first kappa shape index (κ1) is 13.0. The third-order valence-corrected chi connectivity index (χ3v) is 2.94. The lowest BCUT2D eigenvalue weighted by Crippen LogP contribution is -2.22. The summed E-state index contributed by atoms with van der Waals surface area (Å²) < 4.78 is 5.20. The van der Waals surface area contributed by atoms with Gasteiger partial charge in [-0.3, -0.25) is 4.99 Å². The molecule has 1 atom stereocenters. The average Bonchev–Trinajstić information content (AvgIpc) is 2.74. The van der Waals surface area contributed by atoms with Gasteiger partial charge in [-0.05, 0) is 32.4 Å². The van der Waals surface area contributed by atoms with E-state index in [-0.39, 0.29) is 0 Å². The summed E-state index contributed by atoms with van der Waals surface area (Å²) in [6.45, 7) is 12.6. The Morgan fingerprint density at radius 2 is 2.31 bits per heavy atom. The molecule has 0 spiro atoms. The second kappa shape index (κ2) is 6.53. The smallest absolute Gasteiger partial charge is 0.160 e. The van der Waals surface area contributed by atoms with Gasteiger partial charge in [0.15, 0.2) is 11.6 Å². The molecular formula is C12H23N3O. The summed E-state index contributed by atoms with van der Waals surface area (Å²) in [5.41, 5.74) is 5.76. The van der Waals surface area contributed by atoms with Crippen molar-refractivity contribution in [1.29, 1.82) is 0 Å². The van der Waals surface area contributed by atoms with Crippen LogP contribution >= 0.6 is 0 Å². The Morgan fingerprint density at radius 3 is 2.88 bits per heavy atom. The van der Waals surface area contributed by atoms with Crippen LogP contribution in [-0.2, 0) is 4.74 Å². The minimum absolute atomic E-state index is 0.441. The second-order valence-electron chi connectivity index (χ2n) is 4.13. The Balaban J connectivity index is 2.33. The molecule has 1 aliphatic heterocycles. The third kappa shape index (κ3) is 3.85. The maximum absolute atomic E-state index is 5.76. The Bertz CT molecular complexity index is 263. The maximum Gasteiger partial charge on any atom is 0.160 e. The van der Waals surface area contributed by atoms with Gasteiger partial charge >= 0.3 is 0 Å². The van der Waals surface area contributed by atoms with Gasteiger partial charge in [0.25, 0.3) is 0 Å². The molecule has 16 heavy (non-hydrogen) atoms. The van der Waals surface area contributed by atoms with E-state index in [0.717, 1.165) is 19.6 Å². The Labute approximate surface area is 98.2 Å². The normalized spacial score (nSPS) is 22.4. The van der Waals surface area contributed by atoms with Gasteiger partial charge in [0.1, 0.15) is 0 Å². The van der Waals surface area contributed by atoms with E-state index in [0.29, 0.717) is 24.1 Å². The van der Waals surface area contributed by atoms with Crippen LogP contribution in [0.2, 0.25) is 0 Å². The van der Waals surface area contributed by atoms with Crippen LogP contribution < -0.4 is 5.73 Å². The van der Waals surface area contributed by atoms with E-state index in [1.54, 1.807) is 0 Å². The van der Waals surface area contributed by atoms with Crippen LogP contribution in [0.15, 0.2) is 17.3 Å². The van der Waals surface area contributed by atoms with E-state index in [9.17, 15) is 0 Å². The summed E-state index contributed by atoms with van der Waals surface area (Å²) in [7, 11) is 0. The number of ether oxygens (including phenoxy) is 1. The second-order valence-corrected chi connectivity index (χ2v) is 4.13. The molecule has 0 aromatic carbocycles. The van der Waals surface area contributed by atoms with Crippen molar-refractivity contribution in [3.05, 3.63) is 12.3 Å². The number of hydrogen-bond donors (Lipinski definition) is 1. The molecule has 1 saturated heterocycles. The van der Waals surface area contributed by atoms with E-state index < -0.39 is 0 Å². The van der Waals surface area contributed by atoms with Crippen LogP contribution in [0.4, 0.5) is 0 Å². The standard InChI is InChI=1S/C12H23N3O/c1-4-15-7-6-11(9-15)8-14-12(13)10(3)16-5-2/h11H,3-9H2,1-2H3,(H2,13,14). The molecule has 1 aliphatic rings. The molecule has 0 aromatic heterocycles. The average molecular weight is 225 g/mol. The van der Waals surface area contributed by atoms with Crippen LogP contribution in [0.1, 0.15) is 20.3 Å². The van der Waals surface area contributed by atoms with Crippen LogP contribution in [0.3, 0.4) is 0 Å². The fraction of sp³-hybridized carbons (Fsp3) is 0.750. The minimum Gasteiger partial charge on any atom is -0.491 e. The lowest BCUT2D eigenvalue weighted by atomic mass is 10.1. The monoisotopic (exact) mass is 225 g/mol. The summed E-state index contributed by atoms with van der Waals surface area (Å²) in [6, 6.07) is 0. The van der Waals surface area contributed by atoms with Crippen molar-refractivity contribution in [2.75, 3.05) is 32.8 Å². The van der Waals surface area contributed by atoms with Crippen LogP contribution in [0, 0.1) is 5.92 Å². The number of nitrogens with two attached hydrogens (primary N) is 1. The molecule has 1 fully saturated rings. The summed E-state index contributed by atoms with van der Waals surface area (Å²) in [5.74, 6) is 1.57. The highest BCUT2D eigenvalue weighted by molar-refractivity contribution is 5.94. The first-order valence-corrected chi connectivity index (χ1v) is 6.01. The van der Waals surface area contributed by atoms with E-state index in [2.05, 4.69) is 23.4 Å². The quantitative estimate of drug-likeness (QED) is 0.420. The molecule has 1 unspecified atom stereocenters. The lowest BCUT2D eigenvalue weighted by molar-refractivity contribution is 0.250. The van der Waals surface area contributed by atoms with E-state index in [1.165, 1.54) is 13.0 Å². The van der Waals surface area contributed by atoms with Gasteiger partial charge in [0.05, 0.1) is 6.61 Å². The van der Waals surface area contributed by atoms with E-state index in [4.69, 9.17) is 10.5 Å². The Kier molecular flexibility index (Phi) is 5.32. The number of nitrogens with zero attached hydrogens (tertiary/aromatic N) is 2. The lowest BCUT2D eigenvalue weighted by Gasteiger charge is -2.12. The van der Waals surface area contributed by atoms with E-state index >= 15 is 0 Å². The molecule has 1 rings (SSSR count). The van der Waals surface area contributed by atoms with Crippen molar-refractivity contribution in [3.63, 3.8) is 0 Å². The summed E-state index contributed by atoms with van der Waals surface area (Å²) >= 11 is 0. The highest BCUT2D eigenvalue weighted by atomic mass is 16.5. The topological polar surface area (TPSA) is 50.9 Å². The number of aliphatic imine (C=N–C) groups is 1. The van der Waals surface area contributed by atoms with Gasteiger partial charge in [-0.1, -0.05) is 13.5 Å². The fourth-order valence-electron chi connectivity index (χ4n) is 1.91. The summed E-state index contributed by atoms with van der Waals surface area (Å²) in [4.78, 5) is 6.77. The van der Waals surface area contributed by atoms with Gasteiger partial charge in [-0.2, -0.15) is 0 Å². The van der Waals surface area contributed by atoms with Gasteiger partial charge in [-0.15, -0.1) is 0 Å². The first-order chi connectivity index (χ1) is 7.67. The number of hydrogen-bond acceptors (Lipinski definition) is 3. The minimum atomic E-state index is 0.441. The van der Waals surface area contributed by atoms with Crippen molar-refractivity contribution < 1.29 is 4.74 Å². The van der Waals surface area contributed by atoms with Gasteiger partial charge in [-0.25, -0.2) is 0 Å². The maximum atomic E-state index is 5.76. The van der Waals surface area contributed by atoms with Gasteiger partial charge in [0, 0.05) is 13.1 Å². The van der Waals surface area contributed by atoms with Crippen molar-refractivity contribution in [2.24, 2.45) is 16.6 Å². The third-order valence-electron chi connectivity index (χ3n) is 2.94. The molecule has 0 aliphatic carbocycles. The SMILES string of the molecule is C=C(OCC)C(N)=NCC1CCN(CC)C1. The highest BCUT2D eigenvalue weighted by Gasteiger charge is 2.20. The van der Waals surface area contributed by atoms with Crippen molar-refractivity contribution in [1.82, 2.24) is 4.90 Å². The molecule has 0 amide bonds. The molecule has 4 nitrogen and oxygen atoms in total. The van der Waals surface area contributed by atoms with Crippen molar-refractivity contribution >= 4 is 5.84 Å². The number of likely N-dealkylation sites (tertiary alicyclic amines) is 1. The van der Waals surface area contributed by atoms with Gasteiger partial charge < -0.3 is 15.4 Å². The molecule has 92 valence electrons. The molecular weight excluding hydrogens is 202 g/mol. The number of rotatable bonds is 6. The van der Waals surface area contributed by atoms with Crippen LogP contribution in [0.5, 0.6) is 0 Å². The molecule has 2 N–H and O–H groups in total. The Morgan fingerprint density at radius 1 is 1.56 bits per heavy atom. The van der Waals surface area contributed by atoms with Gasteiger partial charge in [0.2, 0.25) is 0 Å². The zero-order chi connectivity index (χ0) is 12.0. The Hall–Kier alpha value is -1.03. The summed E-state index contributed by atoms with van der Waals surface area (Å²) in [5, 5.41) is 0. The molecule has 0 radical (unpaired) electrons. The molecule has 0 bridgehead atoms. The van der Waals surface area contributed by atoms with Crippen LogP contribution in [-0.4, -0.2) is 43.5 Å². The fourth-order valence-corrected chi connectivity index (χ4v) is 1.91. The zero-order valence-electron chi connectivity index (χ0n) is 10.4.